The van der Waals surface area contributed by atoms with Crippen LogP contribution < -0.4 is 11.3 Å². The molecule has 3 N–H and O–H groups in total. The molecule has 0 unspecified atom stereocenters. The topological polar surface area (TPSA) is 55.1 Å². The second-order valence-corrected chi connectivity index (χ2v) is 1.17. The number of nitrogens with one attached hydrogen (secondary N) is 1. The van der Waals surface area contributed by atoms with Gasteiger partial charge in [-0.15, -0.1) is 0 Å². The van der Waals surface area contributed by atoms with Crippen LogP contribution in [-0.4, -0.2) is 5.91 Å². The van der Waals surface area contributed by atoms with Gasteiger partial charge in [-0.25, -0.2) is 5.84 Å². The first kappa shape index (κ1) is 6.43. The van der Waals surface area contributed by atoms with Crippen LogP contribution in [0.2, 0.25) is 0 Å². The molecule has 0 heterocycles. The van der Waals surface area contributed by atoms with Gasteiger partial charge in [0.1, 0.15) is 0 Å². The summed E-state index contributed by atoms with van der Waals surface area (Å²) in [5.74, 6) is 4.57. The molecule has 41 valence electrons. The predicted octanol–water partition coefficient (Wildman–Crippen LogP) is -0.409. The Morgan fingerprint density at radius 2 is 2.43 bits per heavy atom. The number of nitrogens with two attached hydrogens (primary N) is 1. The highest BCUT2D eigenvalue weighted by Gasteiger charge is 1.90. The molecule has 3 nitrogen and oxygen atoms in total. The van der Waals surface area contributed by atoms with E-state index < -0.39 is 0 Å². The maximum absolute atomic E-state index is 10.1. The smallest absolute Gasteiger partial charge is 0.233 e. The monoisotopic (exact) mass is 101 g/mol. The van der Waals surface area contributed by atoms with Gasteiger partial charge in [0.2, 0.25) is 5.91 Å². The molecule has 0 spiro atoms. The van der Waals surface area contributed by atoms with Gasteiger partial charge in [-0.3, -0.25) is 10.2 Å². The van der Waals surface area contributed by atoms with Crippen molar-refractivity contribution < 1.29 is 4.79 Å². The minimum Gasteiger partial charge on any atom is -0.294 e. The summed E-state index contributed by atoms with van der Waals surface area (Å²) in [5.41, 5.74) is 1.99. The van der Waals surface area contributed by atoms with Crippen LogP contribution in [0.5, 0.6) is 0 Å². The second-order valence-electron chi connectivity index (χ2n) is 1.17. The zero-order valence-corrected chi connectivity index (χ0v) is 4.11. The summed E-state index contributed by atoms with van der Waals surface area (Å²) in [6.07, 6.45) is 1.01. The minimum absolute atomic E-state index is 0.157. The van der Waals surface area contributed by atoms with Crippen molar-refractivity contribution in [1.29, 1.82) is 0 Å². The van der Waals surface area contributed by atoms with Crippen LogP contribution in [0, 0.1) is 6.92 Å². The van der Waals surface area contributed by atoms with Gasteiger partial charge in [-0.2, -0.15) is 0 Å². The lowest BCUT2D eigenvalue weighted by molar-refractivity contribution is -0.121. The molecular weight excluding hydrogens is 92.1 g/mol. The highest BCUT2D eigenvalue weighted by molar-refractivity contribution is 5.75. The number of rotatable bonds is 2. The number of hydrogen-bond donors (Lipinski definition) is 2. The third kappa shape index (κ3) is 3.26. The average molecular weight is 101 g/mol. The van der Waals surface area contributed by atoms with Gasteiger partial charge in [0.05, 0.1) is 0 Å². The molecule has 0 aliphatic heterocycles. The molecule has 3 heteroatoms. The Balaban J connectivity index is 3.00. The van der Waals surface area contributed by atoms with E-state index in [1.165, 1.54) is 0 Å². The predicted molar refractivity (Wildman–Crippen MR) is 26.9 cm³/mol. The fourth-order valence-corrected chi connectivity index (χ4v) is 0.233. The SMILES string of the molecule is [CH2]CCC(=O)NN. The van der Waals surface area contributed by atoms with Crippen LogP contribution in [-0.2, 0) is 4.79 Å². The van der Waals surface area contributed by atoms with Crippen molar-refractivity contribution >= 4 is 5.91 Å². The lowest BCUT2D eigenvalue weighted by atomic mass is 10.3. The fraction of sp³-hybridized carbons (Fsp3) is 0.500. The van der Waals surface area contributed by atoms with Crippen molar-refractivity contribution in [2.45, 2.75) is 12.8 Å². The van der Waals surface area contributed by atoms with Crippen molar-refractivity contribution in [3.05, 3.63) is 6.92 Å². The van der Waals surface area contributed by atoms with E-state index in [4.69, 9.17) is 5.84 Å². The lowest BCUT2D eigenvalue weighted by Gasteiger charge is -1.91. The summed E-state index contributed by atoms with van der Waals surface area (Å²) < 4.78 is 0. The summed E-state index contributed by atoms with van der Waals surface area (Å²) in [7, 11) is 0. The van der Waals surface area contributed by atoms with Gasteiger partial charge in [-0.05, 0) is 6.42 Å². The highest BCUT2D eigenvalue weighted by atomic mass is 16.2. The first-order chi connectivity index (χ1) is 3.31. The van der Waals surface area contributed by atoms with Gasteiger partial charge < -0.3 is 0 Å². The van der Waals surface area contributed by atoms with Crippen LogP contribution in [0.25, 0.3) is 0 Å². The van der Waals surface area contributed by atoms with Crippen molar-refractivity contribution in [2.24, 2.45) is 5.84 Å². The Labute approximate surface area is 42.9 Å². The summed E-state index contributed by atoms with van der Waals surface area (Å²) in [6, 6.07) is 0. The summed E-state index contributed by atoms with van der Waals surface area (Å²) in [4.78, 5) is 10.1. The normalized spacial score (nSPS) is 8.29. The zero-order chi connectivity index (χ0) is 5.70. The second kappa shape index (κ2) is 3.61. The van der Waals surface area contributed by atoms with Crippen LogP contribution in [0.4, 0.5) is 0 Å². The lowest BCUT2D eigenvalue weighted by Crippen LogP contribution is -2.29. The molecule has 7 heavy (non-hydrogen) atoms. The first-order valence-electron chi connectivity index (χ1n) is 2.10. The summed E-state index contributed by atoms with van der Waals surface area (Å²) in [5, 5.41) is 0. The molecule has 0 aliphatic carbocycles. The van der Waals surface area contributed by atoms with Crippen LogP contribution in [0.3, 0.4) is 0 Å². The molecule has 0 aromatic rings. The van der Waals surface area contributed by atoms with Gasteiger partial charge >= 0.3 is 0 Å². The number of amides is 1. The van der Waals surface area contributed by atoms with Gasteiger partial charge in [0.25, 0.3) is 0 Å². The maximum atomic E-state index is 10.1. The average Bonchev–Trinajstić information content (AvgIpc) is 1.68. The quantitative estimate of drug-likeness (QED) is 0.282. The number of carbonyl (C=O) groups is 1. The van der Waals surface area contributed by atoms with Crippen LogP contribution in [0.15, 0.2) is 0 Å². The number of hydrazine groups is 1. The van der Waals surface area contributed by atoms with Crippen molar-refractivity contribution in [3.8, 4) is 0 Å². The molecule has 0 aromatic heterocycles. The Kier molecular flexibility index (Phi) is 3.32. The summed E-state index contributed by atoms with van der Waals surface area (Å²) >= 11 is 0. The Bertz CT molecular complexity index is 62.7. The van der Waals surface area contributed by atoms with Gasteiger partial charge in [0.15, 0.2) is 0 Å². The molecule has 0 atom stereocenters. The van der Waals surface area contributed by atoms with E-state index in [-0.39, 0.29) is 5.91 Å². The van der Waals surface area contributed by atoms with Crippen molar-refractivity contribution in [1.82, 2.24) is 5.43 Å². The Morgan fingerprint density at radius 3 is 2.57 bits per heavy atom. The molecule has 0 rings (SSSR count). The van der Waals surface area contributed by atoms with Gasteiger partial charge in [0, 0.05) is 6.42 Å². The fourth-order valence-electron chi connectivity index (χ4n) is 0.233. The molecule has 0 fully saturated rings. The van der Waals surface area contributed by atoms with E-state index >= 15 is 0 Å². The van der Waals surface area contributed by atoms with E-state index in [0.717, 1.165) is 0 Å². The van der Waals surface area contributed by atoms with Crippen molar-refractivity contribution in [2.75, 3.05) is 0 Å². The van der Waals surface area contributed by atoms with E-state index in [1.807, 2.05) is 5.43 Å². The first-order valence-corrected chi connectivity index (χ1v) is 2.10. The third-order valence-corrected chi connectivity index (χ3v) is 0.565. The summed E-state index contributed by atoms with van der Waals surface area (Å²) in [6.45, 7) is 3.46. The minimum atomic E-state index is -0.157. The highest BCUT2D eigenvalue weighted by Crippen LogP contribution is 1.81. The molecule has 0 saturated heterocycles. The van der Waals surface area contributed by atoms with E-state index in [2.05, 4.69) is 6.92 Å². The van der Waals surface area contributed by atoms with E-state index in [0.29, 0.717) is 12.8 Å². The van der Waals surface area contributed by atoms with Gasteiger partial charge in [-0.1, -0.05) is 6.92 Å². The zero-order valence-electron chi connectivity index (χ0n) is 4.11. The largest absolute Gasteiger partial charge is 0.294 e. The maximum Gasteiger partial charge on any atom is 0.233 e. The van der Waals surface area contributed by atoms with Crippen LogP contribution >= 0.6 is 0 Å². The molecule has 1 radical (unpaired) electrons. The van der Waals surface area contributed by atoms with Crippen LogP contribution in [0.1, 0.15) is 12.8 Å². The molecule has 0 aromatic carbocycles. The van der Waals surface area contributed by atoms with Crippen molar-refractivity contribution in [3.63, 3.8) is 0 Å². The molecule has 0 aliphatic rings. The molecule has 0 bridgehead atoms. The molecule has 1 amide bonds. The third-order valence-electron chi connectivity index (χ3n) is 0.565. The molecular formula is C4H9N2O. The Hall–Kier alpha value is -0.570. The molecule has 0 saturated carbocycles. The van der Waals surface area contributed by atoms with E-state index in [9.17, 15) is 4.79 Å². The number of carbonyl (C=O) groups excluding carboxylic acids is 1. The Morgan fingerprint density at radius 1 is 1.86 bits per heavy atom. The standard InChI is InChI=1S/C4H9N2O/c1-2-3-4(7)6-5/h1-3,5H2,(H,6,7). The number of hydrogen-bond acceptors (Lipinski definition) is 2. The van der Waals surface area contributed by atoms with E-state index in [1.54, 1.807) is 0 Å².